The van der Waals surface area contributed by atoms with E-state index >= 15 is 0 Å². The van der Waals surface area contributed by atoms with Crippen molar-refractivity contribution >= 4 is 43.5 Å². The van der Waals surface area contributed by atoms with Crippen LogP contribution in [0.2, 0.25) is 0 Å². The molecular weight excluding hydrogens is 544 g/mol. The molecule has 0 unspecified atom stereocenters. The predicted molar refractivity (Wildman–Crippen MR) is 190 cm³/mol. The van der Waals surface area contributed by atoms with Gasteiger partial charge >= 0.3 is 0 Å². The monoisotopic (exact) mass is 587 g/mol. The van der Waals surface area contributed by atoms with Crippen LogP contribution >= 0.6 is 0 Å². The molecule has 0 spiro atoms. The van der Waals surface area contributed by atoms with E-state index in [1.165, 1.54) is 0 Å². The third kappa shape index (κ3) is 4.09. The van der Waals surface area contributed by atoms with Crippen LogP contribution in [0.15, 0.2) is 174 Å². The van der Waals surface area contributed by atoms with Crippen molar-refractivity contribution in [1.82, 2.24) is 0 Å². The summed E-state index contributed by atoms with van der Waals surface area (Å²) in [6.07, 6.45) is 0. The molecule has 9 aromatic rings. The lowest BCUT2D eigenvalue weighted by atomic mass is 9.85. The topological polar surface area (TPSA) is 13.1 Å². The molecule has 1 aromatic heterocycles. The van der Waals surface area contributed by atoms with Crippen LogP contribution in [0.5, 0.6) is 0 Å². The number of hydrogen-bond acceptors (Lipinski definition) is 1. The fourth-order valence-corrected chi connectivity index (χ4v) is 6.09. The molecule has 0 aliphatic rings. The molecule has 45 heavy (non-hydrogen) atoms. The van der Waals surface area contributed by atoms with Crippen molar-refractivity contribution in [3.63, 3.8) is 0 Å². The van der Waals surface area contributed by atoms with Crippen LogP contribution in [-0.4, -0.2) is 0 Å². The zero-order valence-corrected chi connectivity index (χ0v) is 23.4. The Bertz CT molecular complexity index is 3260. The molecule has 0 N–H and O–H groups in total. The molecule has 8 aromatic carbocycles. The highest BCUT2D eigenvalue weighted by Crippen LogP contribution is 2.45. The second-order valence-corrected chi connectivity index (χ2v) is 10.5. The van der Waals surface area contributed by atoms with E-state index < -0.39 is 124 Å². The zero-order valence-electron chi connectivity index (χ0n) is 38.4. The van der Waals surface area contributed by atoms with Gasteiger partial charge in [-0.15, -0.1) is 0 Å². The predicted octanol–water partition coefficient (Wildman–Crippen LogP) is 12.6. The number of hydrogen-bond donors (Lipinski definition) is 0. The summed E-state index contributed by atoms with van der Waals surface area (Å²) in [4.78, 5) is 0. The van der Waals surface area contributed by atoms with Crippen LogP contribution in [0.4, 0.5) is 0 Å². The highest BCUT2D eigenvalue weighted by Gasteiger charge is 2.18. The summed E-state index contributed by atoms with van der Waals surface area (Å²) in [5, 5.41) is 2.31. The van der Waals surface area contributed by atoms with E-state index in [1.807, 2.05) is 78.9 Å². The van der Waals surface area contributed by atoms with Crippen molar-refractivity contribution in [3.05, 3.63) is 169 Å². The number of para-hydroxylation sites is 1. The first-order valence-corrected chi connectivity index (χ1v) is 14.2. The molecule has 0 fully saturated rings. The van der Waals surface area contributed by atoms with Gasteiger partial charge in [0, 0.05) is 16.3 Å². The normalized spacial score (nSPS) is 16.2. The summed E-state index contributed by atoms with van der Waals surface area (Å²) >= 11 is 0. The van der Waals surface area contributed by atoms with Crippen LogP contribution < -0.4 is 0 Å². The lowest BCUT2D eigenvalue weighted by molar-refractivity contribution is 0.670. The minimum Gasteiger partial charge on any atom is -0.455 e. The van der Waals surface area contributed by atoms with E-state index in [1.54, 1.807) is 0 Å². The summed E-state index contributed by atoms with van der Waals surface area (Å²) < 4.78 is 140. The minimum absolute atomic E-state index is 0.0223. The molecule has 0 saturated carbocycles. The van der Waals surface area contributed by atoms with E-state index in [0.717, 1.165) is 21.9 Å². The lowest BCUT2D eigenvalue weighted by Gasteiger charge is -2.18. The summed E-state index contributed by atoms with van der Waals surface area (Å²) in [7, 11) is 0. The highest BCUT2D eigenvalue weighted by atomic mass is 16.3. The van der Waals surface area contributed by atoms with Crippen molar-refractivity contribution in [2.45, 2.75) is 0 Å². The van der Waals surface area contributed by atoms with Crippen molar-refractivity contribution in [2.75, 3.05) is 0 Å². The van der Waals surface area contributed by atoms with Gasteiger partial charge < -0.3 is 4.42 Å². The lowest BCUT2D eigenvalue weighted by Crippen LogP contribution is -1.90. The van der Waals surface area contributed by atoms with Crippen LogP contribution in [0.25, 0.3) is 88.0 Å². The molecule has 0 atom stereocenters. The maximum atomic E-state index is 9.51. The van der Waals surface area contributed by atoms with Gasteiger partial charge in [0.05, 0.1) is 20.6 Å². The maximum absolute atomic E-state index is 9.51. The van der Waals surface area contributed by atoms with Gasteiger partial charge in [-0.3, -0.25) is 0 Å². The standard InChI is InChI=1S/C44H28O/c1-3-13-29(14-4-1)33-21-12-24-40-43(33)39-23-11-22-34(44(39)45-40)30-25-27-32(28-26-30)42-37-19-9-7-17-35(37)41(31-15-5-2-6-16-31)36-18-8-10-20-38(36)42/h1-28H/i1D,3D,4D,11D,12D,13D,14D,21D,22D,23D,24D,25D,26D,27D,28D. The first-order chi connectivity index (χ1) is 28.6. The summed E-state index contributed by atoms with van der Waals surface area (Å²) in [5.41, 5.74) is -0.434. The van der Waals surface area contributed by atoms with E-state index in [4.69, 9.17) is 19.5 Å². The molecule has 0 radical (unpaired) electrons. The van der Waals surface area contributed by atoms with E-state index in [0.29, 0.717) is 16.3 Å². The zero-order chi connectivity index (χ0) is 42.8. The quantitative estimate of drug-likeness (QED) is 0.187. The van der Waals surface area contributed by atoms with Crippen molar-refractivity contribution < 1.29 is 25.0 Å². The Kier molecular flexibility index (Phi) is 3.39. The molecule has 0 amide bonds. The SMILES string of the molecule is [2H]c1c([2H])c([2H])c(-c2c([2H])c([2H])c([2H])c3oc4c(-c5c([2H])c([2H])c(-c6c7ccccc7c(-c7ccccc7)c7ccccc67)c([2H])c5[2H])c([2H])c([2H])c([2H])c4c23)c([2H])c1[2H]. The van der Waals surface area contributed by atoms with E-state index in [-0.39, 0.29) is 16.3 Å². The number of furan rings is 1. The fraction of sp³-hybridized carbons (Fsp3) is 0. The van der Waals surface area contributed by atoms with Crippen molar-refractivity contribution in [1.29, 1.82) is 0 Å². The second kappa shape index (κ2) is 10.4. The first kappa shape index (κ1) is 14.7. The number of fused-ring (bicyclic) bond motifs is 5. The van der Waals surface area contributed by atoms with Gasteiger partial charge in [-0.1, -0.05) is 163 Å². The third-order valence-electron chi connectivity index (χ3n) is 7.99. The molecule has 1 heterocycles. The van der Waals surface area contributed by atoms with E-state index in [9.17, 15) is 5.48 Å². The Balaban J connectivity index is 1.41. The maximum Gasteiger partial charge on any atom is 0.143 e. The minimum atomic E-state index is -0.742. The molecule has 0 bridgehead atoms. The van der Waals surface area contributed by atoms with Gasteiger partial charge in [0.1, 0.15) is 11.2 Å². The van der Waals surface area contributed by atoms with Crippen LogP contribution in [-0.2, 0) is 0 Å². The molecule has 9 rings (SSSR count). The van der Waals surface area contributed by atoms with Crippen molar-refractivity contribution in [2.24, 2.45) is 0 Å². The summed E-state index contributed by atoms with van der Waals surface area (Å²) in [5.74, 6) is 0. The molecule has 0 saturated heterocycles. The Hall–Kier alpha value is -5.92. The van der Waals surface area contributed by atoms with E-state index in [2.05, 4.69) is 0 Å². The number of benzene rings is 8. The number of rotatable bonds is 4. The molecule has 0 aliphatic heterocycles. The summed E-state index contributed by atoms with van der Waals surface area (Å²) in [6, 6.07) is 14.7. The molecule has 210 valence electrons. The van der Waals surface area contributed by atoms with Gasteiger partial charge in [-0.25, -0.2) is 0 Å². The molecular formula is C44H28O. The average molecular weight is 588 g/mol. The van der Waals surface area contributed by atoms with Gasteiger partial charge in [0.25, 0.3) is 0 Å². The Morgan fingerprint density at radius 1 is 0.378 bits per heavy atom. The Morgan fingerprint density at radius 2 is 0.911 bits per heavy atom. The largest absolute Gasteiger partial charge is 0.455 e. The van der Waals surface area contributed by atoms with Crippen molar-refractivity contribution in [3.8, 4) is 44.5 Å². The van der Waals surface area contributed by atoms with Gasteiger partial charge in [-0.2, -0.15) is 0 Å². The molecule has 1 heteroatoms. The van der Waals surface area contributed by atoms with Gasteiger partial charge in [0.15, 0.2) is 0 Å². The van der Waals surface area contributed by atoms with Gasteiger partial charge in [0.2, 0.25) is 0 Å². The average Bonchev–Trinajstić information content (AvgIpc) is 3.65. The first-order valence-electron chi connectivity index (χ1n) is 21.7. The fourth-order valence-electron chi connectivity index (χ4n) is 6.09. The Morgan fingerprint density at radius 3 is 1.58 bits per heavy atom. The molecule has 1 nitrogen and oxygen atoms in total. The van der Waals surface area contributed by atoms with Crippen LogP contribution in [0, 0.1) is 0 Å². The molecule has 0 aliphatic carbocycles. The Labute approximate surface area is 282 Å². The van der Waals surface area contributed by atoms with Crippen LogP contribution in [0.3, 0.4) is 0 Å². The third-order valence-corrected chi connectivity index (χ3v) is 7.99. The van der Waals surface area contributed by atoms with Crippen LogP contribution in [0.1, 0.15) is 20.6 Å². The summed E-state index contributed by atoms with van der Waals surface area (Å²) in [6.45, 7) is 0. The smallest absolute Gasteiger partial charge is 0.143 e. The highest BCUT2D eigenvalue weighted by molar-refractivity contribution is 6.21. The second-order valence-electron chi connectivity index (χ2n) is 10.5. The van der Waals surface area contributed by atoms with Gasteiger partial charge in [-0.05, 0) is 66.5 Å².